The van der Waals surface area contributed by atoms with Gasteiger partial charge in [0, 0.05) is 6.08 Å². The van der Waals surface area contributed by atoms with E-state index in [2.05, 4.69) is 20.8 Å². The van der Waals surface area contributed by atoms with E-state index in [1.807, 2.05) is 13.0 Å². The normalized spacial score (nSPS) is 20.3. The molecule has 0 spiro atoms. The highest BCUT2D eigenvalue weighted by molar-refractivity contribution is 5.81. The van der Waals surface area contributed by atoms with Crippen LogP contribution in [0.15, 0.2) is 58.4 Å². The van der Waals surface area contributed by atoms with Gasteiger partial charge in [-0.25, -0.2) is 4.79 Å². The average molecular weight is 316 g/mol. The molecule has 0 saturated carbocycles. The first-order chi connectivity index (χ1) is 10.6. The Kier molecular flexibility index (Phi) is 6.62. The highest BCUT2D eigenvalue weighted by atomic mass is 16.4. The molecule has 0 aliphatic heterocycles. The summed E-state index contributed by atoms with van der Waals surface area (Å²) in [7, 11) is 0. The number of hydrogen-bond acceptors (Lipinski definition) is 2. The van der Waals surface area contributed by atoms with Crippen LogP contribution in [0.3, 0.4) is 0 Å². The zero-order valence-corrected chi connectivity index (χ0v) is 14.8. The van der Waals surface area contributed by atoms with Crippen LogP contribution in [0, 0.1) is 5.41 Å². The molecule has 2 N–H and O–H groups in total. The van der Waals surface area contributed by atoms with E-state index in [-0.39, 0.29) is 5.41 Å². The van der Waals surface area contributed by atoms with Gasteiger partial charge in [-0.2, -0.15) is 0 Å². The van der Waals surface area contributed by atoms with E-state index in [1.54, 1.807) is 25.2 Å². The fourth-order valence-corrected chi connectivity index (χ4v) is 3.12. The molecule has 3 heteroatoms. The molecule has 0 radical (unpaired) electrons. The second-order valence-corrected chi connectivity index (χ2v) is 6.92. The molecule has 0 saturated heterocycles. The largest absolute Gasteiger partial charge is 0.508 e. The van der Waals surface area contributed by atoms with Crippen molar-refractivity contribution < 1.29 is 15.0 Å². The van der Waals surface area contributed by atoms with Crippen LogP contribution < -0.4 is 0 Å². The van der Waals surface area contributed by atoms with Gasteiger partial charge in [-0.05, 0) is 68.2 Å². The number of aliphatic hydroxyl groups is 1. The van der Waals surface area contributed by atoms with Crippen molar-refractivity contribution in [2.75, 3.05) is 0 Å². The second-order valence-electron chi connectivity index (χ2n) is 6.92. The van der Waals surface area contributed by atoms with Gasteiger partial charge in [0.1, 0.15) is 5.76 Å². The minimum atomic E-state index is -0.952. The van der Waals surface area contributed by atoms with Crippen LogP contribution in [0.1, 0.15) is 53.9 Å². The maximum absolute atomic E-state index is 10.5. The molecule has 0 atom stereocenters. The molecule has 0 unspecified atom stereocenters. The Labute approximate surface area is 139 Å². The Balaban J connectivity index is 2.95. The summed E-state index contributed by atoms with van der Waals surface area (Å²) in [6, 6.07) is 0. The number of carbonyl (C=O) groups is 1. The van der Waals surface area contributed by atoms with E-state index < -0.39 is 5.97 Å². The van der Waals surface area contributed by atoms with Crippen LogP contribution in [-0.2, 0) is 4.79 Å². The summed E-state index contributed by atoms with van der Waals surface area (Å²) in [5.74, 6) is -0.612. The number of hydrogen-bond donors (Lipinski definition) is 2. The molecule has 1 aliphatic carbocycles. The van der Waals surface area contributed by atoms with Gasteiger partial charge < -0.3 is 10.2 Å². The lowest BCUT2D eigenvalue weighted by atomic mass is 9.72. The zero-order valence-electron chi connectivity index (χ0n) is 14.8. The maximum atomic E-state index is 10.5. The van der Waals surface area contributed by atoms with Crippen LogP contribution >= 0.6 is 0 Å². The molecule has 0 aromatic carbocycles. The van der Waals surface area contributed by atoms with Crippen molar-refractivity contribution in [3.63, 3.8) is 0 Å². The number of aliphatic carboxylic acids is 1. The summed E-state index contributed by atoms with van der Waals surface area (Å²) in [5.41, 5.74) is 3.91. The number of carboxylic acids is 1. The molecule has 0 fully saturated rings. The first-order valence-electron chi connectivity index (χ1n) is 8.01. The Morgan fingerprint density at radius 3 is 2.35 bits per heavy atom. The van der Waals surface area contributed by atoms with E-state index >= 15 is 0 Å². The van der Waals surface area contributed by atoms with Crippen LogP contribution in [0.5, 0.6) is 0 Å². The molecule has 0 heterocycles. The van der Waals surface area contributed by atoms with E-state index in [0.717, 1.165) is 30.1 Å². The van der Waals surface area contributed by atoms with Gasteiger partial charge in [0.05, 0.1) is 0 Å². The molecule has 0 bridgehead atoms. The Bertz CT molecular complexity index is 611. The molecule has 0 amide bonds. The average Bonchev–Trinajstić information content (AvgIpc) is 2.35. The standard InChI is InChI=1S/C20H28O3/c1-14(8-6-9-15(2)13-18(22)23)12-17(21)19-16(3)10-7-11-20(19,4)5/h6,8-9,12-13,21H,7,10-11H2,1-5H3,(H,22,23). The van der Waals surface area contributed by atoms with Crippen LogP contribution in [0.4, 0.5) is 0 Å². The van der Waals surface area contributed by atoms with Crippen molar-refractivity contribution in [1.29, 1.82) is 0 Å². The van der Waals surface area contributed by atoms with Gasteiger partial charge in [0.2, 0.25) is 0 Å². The Morgan fingerprint density at radius 1 is 1.13 bits per heavy atom. The first-order valence-corrected chi connectivity index (χ1v) is 8.01. The van der Waals surface area contributed by atoms with Crippen molar-refractivity contribution >= 4 is 5.97 Å². The third-order valence-electron chi connectivity index (χ3n) is 4.15. The highest BCUT2D eigenvalue weighted by Gasteiger charge is 2.30. The minimum Gasteiger partial charge on any atom is -0.508 e. The predicted octanol–water partition coefficient (Wildman–Crippen LogP) is 5.49. The molecule has 23 heavy (non-hydrogen) atoms. The number of allylic oxidation sites excluding steroid dienone is 8. The Morgan fingerprint density at radius 2 is 1.78 bits per heavy atom. The lowest BCUT2D eigenvalue weighted by Gasteiger charge is -2.34. The van der Waals surface area contributed by atoms with Crippen molar-refractivity contribution in [1.82, 2.24) is 0 Å². The molecule has 1 rings (SSSR count). The van der Waals surface area contributed by atoms with Crippen LogP contribution in [-0.4, -0.2) is 16.2 Å². The lowest BCUT2D eigenvalue weighted by Crippen LogP contribution is -2.21. The summed E-state index contributed by atoms with van der Waals surface area (Å²) in [4.78, 5) is 10.5. The van der Waals surface area contributed by atoms with Gasteiger partial charge in [-0.1, -0.05) is 37.6 Å². The first kappa shape index (κ1) is 19.0. The topological polar surface area (TPSA) is 57.5 Å². The summed E-state index contributed by atoms with van der Waals surface area (Å²) >= 11 is 0. The SMILES string of the molecule is CC(=CC=CC(C)=CC(=O)O)C=C(O)C1=C(C)CCCC1(C)C. The van der Waals surface area contributed by atoms with Gasteiger partial charge in [-0.15, -0.1) is 0 Å². The number of carboxylic acid groups (broad SMARTS) is 1. The van der Waals surface area contributed by atoms with Crippen molar-refractivity contribution in [3.8, 4) is 0 Å². The zero-order chi connectivity index (χ0) is 17.6. The third kappa shape index (κ3) is 5.93. The van der Waals surface area contributed by atoms with Crippen molar-refractivity contribution in [2.45, 2.75) is 53.9 Å². The number of rotatable bonds is 5. The summed E-state index contributed by atoms with van der Waals surface area (Å²) in [5, 5.41) is 19.2. The van der Waals surface area contributed by atoms with Crippen LogP contribution in [0.2, 0.25) is 0 Å². The third-order valence-corrected chi connectivity index (χ3v) is 4.15. The van der Waals surface area contributed by atoms with Crippen LogP contribution in [0.25, 0.3) is 0 Å². The summed E-state index contributed by atoms with van der Waals surface area (Å²) in [6.45, 7) is 10.1. The predicted molar refractivity (Wildman–Crippen MR) is 95.3 cm³/mol. The molecule has 0 aromatic heterocycles. The lowest BCUT2D eigenvalue weighted by molar-refractivity contribution is -0.131. The van der Waals surface area contributed by atoms with Gasteiger partial charge >= 0.3 is 5.97 Å². The maximum Gasteiger partial charge on any atom is 0.328 e. The molecule has 1 aliphatic rings. The number of aliphatic hydroxyl groups excluding tert-OH is 1. The minimum absolute atomic E-state index is 0.000149. The molecule has 3 nitrogen and oxygen atoms in total. The smallest absolute Gasteiger partial charge is 0.328 e. The quantitative estimate of drug-likeness (QED) is 0.400. The van der Waals surface area contributed by atoms with Crippen molar-refractivity contribution in [3.05, 3.63) is 58.4 Å². The van der Waals surface area contributed by atoms with E-state index in [1.165, 1.54) is 12.0 Å². The highest BCUT2D eigenvalue weighted by Crippen LogP contribution is 2.43. The summed E-state index contributed by atoms with van der Waals surface area (Å²) in [6.07, 6.45) is 11.6. The fourth-order valence-electron chi connectivity index (χ4n) is 3.12. The van der Waals surface area contributed by atoms with E-state index in [9.17, 15) is 9.90 Å². The Hall–Kier alpha value is -2.03. The monoisotopic (exact) mass is 316 g/mol. The molecule has 126 valence electrons. The van der Waals surface area contributed by atoms with Crippen molar-refractivity contribution in [2.24, 2.45) is 5.41 Å². The molecular formula is C20H28O3. The molecular weight excluding hydrogens is 288 g/mol. The van der Waals surface area contributed by atoms with E-state index in [4.69, 9.17) is 5.11 Å². The van der Waals surface area contributed by atoms with Gasteiger partial charge in [-0.3, -0.25) is 0 Å². The second kappa shape index (κ2) is 8.00. The fraction of sp³-hybridized carbons (Fsp3) is 0.450. The molecule has 0 aromatic rings. The van der Waals surface area contributed by atoms with Gasteiger partial charge in [0.15, 0.2) is 0 Å². The summed E-state index contributed by atoms with van der Waals surface area (Å²) < 4.78 is 0. The van der Waals surface area contributed by atoms with Gasteiger partial charge in [0.25, 0.3) is 0 Å². The van der Waals surface area contributed by atoms with E-state index in [0.29, 0.717) is 11.3 Å².